The molecule has 200 valence electrons. The summed E-state index contributed by atoms with van der Waals surface area (Å²) in [5.74, 6) is 4.17. The highest BCUT2D eigenvalue weighted by molar-refractivity contribution is 5.82. The topological polar surface area (TPSA) is 132 Å². The summed E-state index contributed by atoms with van der Waals surface area (Å²) in [5.41, 5.74) is 1.89. The SMILES string of the molecule is C=CCC(C)N[C@@H](Cc1ccccc1)C(=O)NCCCC[C@H](NC(=O)OCc1ccccc1)C(=O)ON. The van der Waals surface area contributed by atoms with E-state index in [1.54, 1.807) is 0 Å². The van der Waals surface area contributed by atoms with Gasteiger partial charge in [0.1, 0.15) is 12.6 Å². The molecule has 2 aromatic rings. The molecule has 2 aromatic carbocycles. The van der Waals surface area contributed by atoms with Gasteiger partial charge in [0.25, 0.3) is 0 Å². The van der Waals surface area contributed by atoms with Crippen molar-refractivity contribution in [1.29, 1.82) is 0 Å². The number of benzene rings is 2. The predicted molar refractivity (Wildman–Crippen MR) is 142 cm³/mol. The highest BCUT2D eigenvalue weighted by atomic mass is 16.7. The fourth-order valence-electron chi connectivity index (χ4n) is 3.78. The molecule has 0 saturated heterocycles. The van der Waals surface area contributed by atoms with Gasteiger partial charge in [-0.3, -0.25) is 4.79 Å². The Labute approximate surface area is 218 Å². The molecule has 5 N–H and O–H groups in total. The third-order valence-corrected chi connectivity index (χ3v) is 5.73. The fraction of sp³-hybridized carbons (Fsp3) is 0.393. The number of hydrogen-bond acceptors (Lipinski definition) is 7. The molecule has 2 rings (SSSR count). The first-order valence-electron chi connectivity index (χ1n) is 12.5. The van der Waals surface area contributed by atoms with Gasteiger partial charge in [0.2, 0.25) is 5.91 Å². The lowest BCUT2D eigenvalue weighted by molar-refractivity contribution is -0.146. The van der Waals surface area contributed by atoms with Crippen molar-refractivity contribution in [2.75, 3.05) is 6.54 Å². The first kappa shape index (κ1) is 29.5. The van der Waals surface area contributed by atoms with Crippen molar-refractivity contribution in [2.24, 2.45) is 5.90 Å². The summed E-state index contributed by atoms with van der Waals surface area (Å²) < 4.78 is 5.17. The molecule has 1 unspecified atom stereocenters. The van der Waals surface area contributed by atoms with Crippen LogP contribution in [0.5, 0.6) is 0 Å². The molecule has 0 fully saturated rings. The number of nitrogens with two attached hydrogens (primary N) is 1. The van der Waals surface area contributed by atoms with E-state index in [9.17, 15) is 14.4 Å². The second-order valence-electron chi connectivity index (χ2n) is 8.82. The second kappa shape index (κ2) is 16.9. The van der Waals surface area contributed by atoms with Crippen molar-refractivity contribution in [3.05, 3.63) is 84.4 Å². The van der Waals surface area contributed by atoms with Crippen LogP contribution < -0.4 is 21.8 Å². The van der Waals surface area contributed by atoms with Gasteiger partial charge in [-0.1, -0.05) is 66.7 Å². The van der Waals surface area contributed by atoms with E-state index in [1.165, 1.54) is 0 Å². The zero-order valence-corrected chi connectivity index (χ0v) is 21.4. The van der Waals surface area contributed by atoms with Gasteiger partial charge in [-0.25, -0.2) is 9.59 Å². The van der Waals surface area contributed by atoms with E-state index < -0.39 is 24.1 Å². The first-order chi connectivity index (χ1) is 17.9. The van der Waals surface area contributed by atoms with Crippen molar-refractivity contribution >= 4 is 18.0 Å². The maximum atomic E-state index is 12.9. The van der Waals surface area contributed by atoms with Gasteiger partial charge in [-0.2, -0.15) is 5.90 Å². The fourth-order valence-corrected chi connectivity index (χ4v) is 3.78. The molecular formula is C28H38N4O5. The van der Waals surface area contributed by atoms with Gasteiger partial charge in [0, 0.05) is 12.6 Å². The largest absolute Gasteiger partial charge is 0.445 e. The molecule has 3 atom stereocenters. The molecule has 37 heavy (non-hydrogen) atoms. The van der Waals surface area contributed by atoms with E-state index in [4.69, 9.17) is 10.6 Å². The highest BCUT2D eigenvalue weighted by Gasteiger charge is 2.23. The Hall–Kier alpha value is -3.69. The molecule has 0 aromatic heterocycles. The maximum Gasteiger partial charge on any atom is 0.408 e. The number of alkyl carbamates (subject to hydrolysis) is 1. The Kier molecular flexibility index (Phi) is 13.5. The number of nitrogens with one attached hydrogen (secondary N) is 3. The van der Waals surface area contributed by atoms with Gasteiger partial charge >= 0.3 is 12.1 Å². The van der Waals surface area contributed by atoms with Crippen LogP contribution >= 0.6 is 0 Å². The van der Waals surface area contributed by atoms with Gasteiger partial charge in [0.05, 0.1) is 6.04 Å². The van der Waals surface area contributed by atoms with Crippen LogP contribution in [0.1, 0.15) is 43.7 Å². The zero-order valence-electron chi connectivity index (χ0n) is 21.4. The van der Waals surface area contributed by atoms with E-state index in [0.717, 1.165) is 17.5 Å². The van der Waals surface area contributed by atoms with Crippen LogP contribution in [-0.2, 0) is 32.2 Å². The highest BCUT2D eigenvalue weighted by Crippen LogP contribution is 2.07. The van der Waals surface area contributed by atoms with Crippen molar-refractivity contribution in [3.63, 3.8) is 0 Å². The lowest BCUT2D eigenvalue weighted by Crippen LogP contribution is -2.49. The van der Waals surface area contributed by atoms with Gasteiger partial charge < -0.3 is 25.5 Å². The third-order valence-electron chi connectivity index (χ3n) is 5.73. The summed E-state index contributed by atoms with van der Waals surface area (Å²) in [5, 5.41) is 8.84. The molecule has 0 radical (unpaired) electrons. The van der Waals surface area contributed by atoms with E-state index in [-0.39, 0.29) is 25.0 Å². The number of rotatable bonds is 16. The Morgan fingerprint density at radius 1 is 0.973 bits per heavy atom. The molecule has 0 heterocycles. The molecule has 0 aliphatic rings. The van der Waals surface area contributed by atoms with Crippen LogP contribution in [0.3, 0.4) is 0 Å². The summed E-state index contributed by atoms with van der Waals surface area (Å²) >= 11 is 0. The molecule has 0 spiro atoms. The molecule has 9 nitrogen and oxygen atoms in total. The van der Waals surface area contributed by atoms with Crippen molar-refractivity contribution in [2.45, 2.75) is 63.8 Å². The van der Waals surface area contributed by atoms with Gasteiger partial charge in [-0.15, -0.1) is 6.58 Å². The van der Waals surface area contributed by atoms with Crippen LogP contribution in [0.4, 0.5) is 4.79 Å². The number of carbonyl (C=O) groups is 3. The molecule has 0 saturated carbocycles. The Balaban J connectivity index is 1.79. The van der Waals surface area contributed by atoms with E-state index in [1.807, 2.05) is 73.7 Å². The summed E-state index contributed by atoms with van der Waals surface area (Å²) in [7, 11) is 0. The van der Waals surface area contributed by atoms with E-state index in [2.05, 4.69) is 27.4 Å². The molecule has 0 aliphatic carbocycles. The Morgan fingerprint density at radius 3 is 2.24 bits per heavy atom. The van der Waals surface area contributed by atoms with Crippen molar-refractivity contribution in [3.8, 4) is 0 Å². The summed E-state index contributed by atoms with van der Waals surface area (Å²) in [4.78, 5) is 41.4. The van der Waals surface area contributed by atoms with E-state index >= 15 is 0 Å². The van der Waals surface area contributed by atoms with Crippen LogP contribution in [0.2, 0.25) is 0 Å². The molecule has 0 bridgehead atoms. The van der Waals surface area contributed by atoms with Gasteiger partial charge in [-0.05, 0) is 50.2 Å². The number of unbranched alkanes of at least 4 members (excludes halogenated alkanes) is 1. The molecular weight excluding hydrogens is 472 g/mol. The number of carbonyl (C=O) groups excluding carboxylic acids is 3. The Bertz CT molecular complexity index is 971. The average Bonchev–Trinajstić information content (AvgIpc) is 2.91. The standard InChI is InChI=1S/C28H38N4O5/c1-3-12-21(2)31-25(19-22-13-6-4-7-14-22)26(33)30-18-11-10-17-24(27(34)37-29)32-28(35)36-20-23-15-8-5-9-16-23/h3-9,13-16,21,24-25,31H,1,10-12,17-20,29H2,2H3,(H,30,33)(H,32,35)/t21?,24-,25-/m0/s1. The Morgan fingerprint density at radius 2 is 1.62 bits per heavy atom. The first-order valence-corrected chi connectivity index (χ1v) is 12.5. The van der Waals surface area contributed by atoms with Crippen molar-refractivity contribution < 1.29 is 24.0 Å². The second-order valence-corrected chi connectivity index (χ2v) is 8.82. The minimum Gasteiger partial charge on any atom is -0.445 e. The van der Waals surface area contributed by atoms with Crippen LogP contribution in [-0.4, -0.2) is 42.6 Å². The maximum absolute atomic E-state index is 12.9. The molecule has 0 aliphatic heterocycles. The summed E-state index contributed by atoms with van der Waals surface area (Å²) in [6.07, 6.45) is 3.82. The number of amides is 2. The van der Waals surface area contributed by atoms with Crippen LogP contribution in [0.15, 0.2) is 73.3 Å². The average molecular weight is 511 g/mol. The number of ether oxygens (including phenoxy) is 1. The lowest BCUT2D eigenvalue weighted by atomic mass is 10.0. The normalized spacial score (nSPS) is 13.0. The quantitative estimate of drug-likeness (QED) is 0.155. The smallest absolute Gasteiger partial charge is 0.408 e. The lowest BCUT2D eigenvalue weighted by Gasteiger charge is -2.22. The minimum absolute atomic E-state index is 0.0761. The summed E-state index contributed by atoms with van der Waals surface area (Å²) in [6.45, 7) is 6.28. The minimum atomic E-state index is -0.948. The monoisotopic (exact) mass is 510 g/mol. The van der Waals surface area contributed by atoms with Gasteiger partial charge in [0.15, 0.2) is 0 Å². The van der Waals surface area contributed by atoms with E-state index in [0.29, 0.717) is 25.8 Å². The number of hydrogen-bond donors (Lipinski definition) is 4. The summed E-state index contributed by atoms with van der Waals surface area (Å²) in [6, 6.07) is 17.8. The molecule has 2 amide bonds. The third kappa shape index (κ3) is 11.7. The van der Waals surface area contributed by atoms with Crippen LogP contribution in [0, 0.1) is 0 Å². The zero-order chi connectivity index (χ0) is 26.9. The molecule has 9 heteroatoms. The predicted octanol–water partition coefficient (Wildman–Crippen LogP) is 3.15. The van der Waals surface area contributed by atoms with Crippen LogP contribution in [0.25, 0.3) is 0 Å². The van der Waals surface area contributed by atoms with Crippen molar-refractivity contribution in [1.82, 2.24) is 16.0 Å².